The van der Waals surface area contributed by atoms with Crippen LogP contribution < -0.4 is 0 Å². The third kappa shape index (κ3) is 43.9. The number of unbranched alkanes of at least 4 members (excludes halogenated alkanes) is 18. The van der Waals surface area contributed by atoms with E-state index in [0.717, 1.165) is 90.3 Å². The molecule has 10 heteroatoms. The zero-order valence-corrected chi connectivity index (χ0v) is 41.5. The molecule has 0 aromatic carbocycles. The Morgan fingerprint density at radius 1 is 0.500 bits per heavy atom. The zero-order valence-electron chi connectivity index (χ0n) is 41.5. The maximum absolute atomic E-state index is 13.0. The number of hydrogen-bond acceptors (Lipinski definition) is 10. The van der Waals surface area contributed by atoms with Gasteiger partial charge in [0.1, 0.15) is 33.0 Å². The Labute approximate surface area is 392 Å². The minimum absolute atomic E-state index is 0.0369. The van der Waals surface area contributed by atoms with Crippen LogP contribution in [-0.2, 0) is 38.0 Å². The minimum atomic E-state index is -0.802. The van der Waals surface area contributed by atoms with Gasteiger partial charge in [0.25, 0.3) is 0 Å². The van der Waals surface area contributed by atoms with E-state index in [1.807, 2.05) is 0 Å². The largest absolute Gasteiger partial charge is 0.508 e. The van der Waals surface area contributed by atoms with Crippen LogP contribution in [0, 0.1) is 29.6 Å². The molecule has 0 N–H and O–H groups in total. The second-order valence-corrected chi connectivity index (χ2v) is 16.6. The summed E-state index contributed by atoms with van der Waals surface area (Å²) in [5.41, 5.74) is 0. The topological polar surface area (TPSA) is 110 Å². The fraction of sp³-hybridized carbons (Fsp3) is 0.796. The first-order valence-electron chi connectivity index (χ1n) is 25.7. The van der Waals surface area contributed by atoms with Crippen LogP contribution in [0.2, 0.25) is 0 Å². The summed E-state index contributed by atoms with van der Waals surface area (Å²) >= 11 is 0. The van der Waals surface area contributed by atoms with Gasteiger partial charge in [0.2, 0.25) is 0 Å². The summed E-state index contributed by atoms with van der Waals surface area (Å²) in [6, 6.07) is 0. The van der Waals surface area contributed by atoms with Crippen molar-refractivity contribution >= 4 is 18.1 Å². The smallest absolute Gasteiger partial charge is 0.465 e. The van der Waals surface area contributed by atoms with E-state index in [4.69, 9.17) is 28.4 Å². The Hall–Kier alpha value is -3.31. The first-order valence-corrected chi connectivity index (χ1v) is 25.7. The molecule has 0 fully saturated rings. The lowest BCUT2D eigenvalue weighted by molar-refractivity contribution is -0.155. The van der Waals surface area contributed by atoms with E-state index in [-0.39, 0.29) is 58.5 Å². The highest BCUT2D eigenvalue weighted by Gasteiger charge is 2.20. The van der Waals surface area contributed by atoms with Gasteiger partial charge in [-0.05, 0) is 70.9 Å². The molecular formula is C54H93NO9. The van der Waals surface area contributed by atoms with Crippen LogP contribution >= 0.6 is 0 Å². The molecule has 0 rings (SSSR count). The summed E-state index contributed by atoms with van der Waals surface area (Å²) in [5.74, 6) is 11.2. The average Bonchev–Trinajstić information content (AvgIpc) is 3.30. The highest BCUT2D eigenvalue weighted by molar-refractivity contribution is 5.69. The number of esters is 2. The van der Waals surface area contributed by atoms with Crippen molar-refractivity contribution in [3.8, 4) is 23.7 Å². The van der Waals surface area contributed by atoms with E-state index in [1.165, 1.54) is 77.0 Å². The first kappa shape index (κ1) is 60.7. The van der Waals surface area contributed by atoms with Crippen molar-refractivity contribution in [2.45, 2.75) is 214 Å². The summed E-state index contributed by atoms with van der Waals surface area (Å²) in [5, 5.41) is 0. The molecule has 1 atom stereocenters. The normalized spacial score (nSPS) is 11.7. The van der Waals surface area contributed by atoms with Gasteiger partial charge < -0.3 is 33.3 Å². The lowest BCUT2D eigenvalue weighted by Crippen LogP contribution is -2.27. The molecule has 0 aromatic rings. The van der Waals surface area contributed by atoms with Crippen LogP contribution in [0.1, 0.15) is 208 Å². The van der Waals surface area contributed by atoms with Crippen LogP contribution in [0.3, 0.4) is 0 Å². The summed E-state index contributed by atoms with van der Waals surface area (Å²) in [6.07, 6.45) is 34.6. The van der Waals surface area contributed by atoms with Crippen molar-refractivity contribution < 1.29 is 42.8 Å². The Morgan fingerprint density at radius 3 is 1.56 bits per heavy atom. The summed E-state index contributed by atoms with van der Waals surface area (Å²) in [7, 11) is 0. The van der Waals surface area contributed by atoms with Crippen molar-refractivity contribution in [2.24, 2.45) is 5.92 Å². The number of carbonyl (C=O) groups excluding carboxylic acids is 3. The number of hydrogen-bond donors (Lipinski definition) is 0. The Bertz CT molecular complexity index is 1240. The molecule has 0 aliphatic rings. The van der Waals surface area contributed by atoms with Gasteiger partial charge in [0.15, 0.2) is 6.29 Å². The van der Waals surface area contributed by atoms with Crippen LogP contribution in [0.5, 0.6) is 0 Å². The molecule has 0 radical (unpaired) electrons. The fourth-order valence-electron chi connectivity index (χ4n) is 6.63. The zero-order chi connectivity index (χ0) is 46.8. The monoisotopic (exact) mass is 900 g/mol. The standard InChI is InChI=1S/C54H93NO9/c1-6-11-14-17-20-23-24-25-26-27-28-29-30-33-36-40-51(56)62-47-50(49-64-54(58)61-46-39-43-55(9-4)10-5)48-63-52(57)41-42-53(59-44-37-34-31-21-18-15-12-7-2)60-45-38-35-32-22-19-16-13-8-3/h20,23,25-26,50,53H,6-19,21-22,24,27-33,36,39-49H2,1-5H3/b23-20-,26-25-. The summed E-state index contributed by atoms with van der Waals surface area (Å²) in [6.45, 7) is 13.9. The van der Waals surface area contributed by atoms with E-state index in [1.54, 1.807) is 0 Å². The lowest BCUT2D eigenvalue weighted by atomic mass is 10.1. The van der Waals surface area contributed by atoms with Crippen LogP contribution in [-0.4, -0.2) is 88.6 Å². The van der Waals surface area contributed by atoms with Gasteiger partial charge in [0.05, 0.1) is 18.9 Å². The highest BCUT2D eigenvalue weighted by atomic mass is 16.7. The van der Waals surface area contributed by atoms with Gasteiger partial charge in [-0.3, -0.25) is 9.59 Å². The van der Waals surface area contributed by atoms with Crippen LogP contribution in [0.4, 0.5) is 4.79 Å². The number of allylic oxidation sites excluding steroid dienone is 4. The van der Waals surface area contributed by atoms with Gasteiger partial charge in [0, 0.05) is 32.2 Å². The number of ether oxygens (including phenoxy) is 6. The Kier molecular flexibility index (Phi) is 46.6. The summed E-state index contributed by atoms with van der Waals surface area (Å²) < 4.78 is 33.7. The van der Waals surface area contributed by atoms with E-state index in [9.17, 15) is 14.4 Å². The van der Waals surface area contributed by atoms with Crippen LogP contribution in [0.15, 0.2) is 24.3 Å². The quantitative estimate of drug-likeness (QED) is 0.0146. The molecule has 0 saturated carbocycles. The predicted octanol–water partition coefficient (Wildman–Crippen LogP) is 13.3. The second-order valence-electron chi connectivity index (χ2n) is 16.6. The van der Waals surface area contributed by atoms with Crippen molar-refractivity contribution in [1.82, 2.24) is 4.90 Å². The van der Waals surface area contributed by atoms with E-state index in [0.29, 0.717) is 12.8 Å². The van der Waals surface area contributed by atoms with Gasteiger partial charge in [-0.25, -0.2) is 4.79 Å². The number of carbonyl (C=O) groups is 3. The second kappa shape index (κ2) is 49.1. The van der Waals surface area contributed by atoms with Crippen LogP contribution in [0.25, 0.3) is 0 Å². The van der Waals surface area contributed by atoms with E-state index >= 15 is 0 Å². The van der Waals surface area contributed by atoms with Gasteiger partial charge >= 0.3 is 18.1 Å². The third-order valence-electron chi connectivity index (χ3n) is 10.8. The number of rotatable bonds is 43. The molecule has 0 amide bonds. The maximum Gasteiger partial charge on any atom is 0.508 e. The van der Waals surface area contributed by atoms with Crippen molar-refractivity contribution in [1.29, 1.82) is 0 Å². The molecule has 0 heterocycles. The molecule has 0 bridgehead atoms. The Morgan fingerprint density at radius 2 is 0.984 bits per heavy atom. The summed E-state index contributed by atoms with van der Waals surface area (Å²) in [4.78, 5) is 40.3. The third-order valence-corrected chi connectivity index (χ3v) is 10.8. The lowest BCUT2D eigenvalue weighted by Gasteiger charge is -2.19. The molecule has 0 aromatic heterocycles. The molecule has 368 valence electrons. The molecule has 64 heavy (non-hydrogen) atoms. The van der Waals surface area contributed by atoms with Gasteiger partial charge in [-0.1, -0.05) is 154 Å². The van der Waals surface area contributed by atoms with Gasteiger partial charge in [-0.15, -0.1) is 11.8 Å². The molecule has 0 aliphatic carbocycles. The maximum atomic E-state index is 13.0. The molecule has 0 aliphatic heterocycles. The van der Waals surface area contributed by atoms with E-state index < -0.39 is 24.3 Å². The van der Waals surface area contributed by atoms with E-state index in [2.05, 4.69) is 87.5 Å². The SMILES string of the molecule is CCCCC/C=C\C/C=C\CCCCCCCC(=O)OCC(COC(=O)CCC(OCC#CCCCCCCC)OCC#CCCCCCCC)COC(=O)OCCCN(CC)CC. The van der Waals surface area contributed by atoms with Crippen molar-refractivity contribution in [3.63, 3.8) is 0 Å². The minimum Gasteiger partial charge on any atom is -0.465 e. The molecule has 1 unspecified atom stereocenters. The predicted molar refractivity (Wildman–Crippen MR) is 262 cm³/mol. The molecule has 0 spiro atoms. The Balaban J connectivity index is 5.01. The number of nitrogens with zero attached hydrogens (tertiary/aromatic N) is 1. The van der Waals surface area contributed by atoms with Gasteiger partial charge in [-0.2, -0.15) is 0 Å². The highest BCUT2D eigenvalue weighted by Crippen LogP contribution is 2.12. The fourth-order valence-corrected chi connectivity index (χ4v) is 6.63. The molecule has 10 nitrogen and oxygen atoms in total. The van der Waals surface area contributed by atoms with Crippen molar-refractivity contribution in [3.05, 3.63) is 24.3 Å². The first-order chi connectivity index (χ1) is 31.4. The van der Waals surface area contributed by atoms with Crippen molar-refractivity contribution in [2.75, 3.05) is 59.3 Å². The molecular weight excluding hydrogens is 807 g/mol. The average molecular weight is 900 g/mol. The molecule has 0 saturated heterocycles.